The van der Waals surface area contributed by atoms with Gasteiger partial charge in [0.1, 0.15) is 12.0 Å². The summed E-state index contributed by atoms with van der Waals surface area (Å²) < 4.78 is 5.18. The molecule has 18 heavy (non-hydrogen) atoms. The number of carbonyl (C=O) groups is 3. The molecule has 1 atom stereocenters. The number of carbonyl (C=O) groups excluding carboxylic acids is 2. The molecule has 1 aliphatic rings. The molecule has 0 heterocycles. The number of hydrogen-bond acceptors (Lipinski definition) is 4. The van der Waals surface area contributed by atoms with Crippen molar-refractivity contribution >= 4 is 17.7 Å². The van der Waals surface area contributed by atoms with Gasteiger partial charge in [-0.15, -0.1) is 0 Å². The largest absolute Gasteiger partial charge is 0.481 e. The first-order valence-electron chi connectivity index (χ1n) is 6.13. The van der Waals surface area contributed by atoms with E-state index in [-0.39, 0.29) is 6.10 Å². The van der Waals surface area contributed by atoms with Crippen LogP contribution in [0.1, 0.15) is 38.5 Å². The molecule has 0 aromatic rings. The van der Waals surface area contributed by atoms with Gasteiger partial charge in [0, 0.05) is 0 Å². The number of carboxylic acids is 1. The number of aliphatic carboxylic acids is 1. The second-order valence-electron chi connectivity index (χ2n) is 4.45. The van der Waals surface area contributed by atoms with Crippen molar-refractivity contribution in [2.45, 2.75) is 44.6 Å². The summed E-state index contributed by atoms with van der Waals surface area (Å²) in [5, 5.41) is 8.85. The quantitative estimate of drug-likeness (QED) is 0.443. The number of allylic oxidation sites excluding steroid dienone is 1. The first kappa shape index (κ1) is 14.4. The lowest BCUT2D eigenvalue weighted by Gasteiger charge is -2.22. The Balaban J connectivity index is 2.47. The number of rotatable bonds is 6. The molecule has 100 valence electrons. The van der Waals surface area contributed by atoms with E-state index in [0.717, 1.165) is 38.2 Å². The molecule has 0 radical (unpaired) electrons. The standard InChI is InChI=1S/C13H18O5/c1-2-11(14)10(13(16)17)8-12(15)18-9-6-4-3-5-7-9/h2,9-10H,1,3-8H2,(H,16,17). The minimum atomic E-state index is -1.38. The van der Waals surface area contributed by atoms with Crippen molar-refractivity contribution in [3.63, 3.8) is 0 Å². The van der Waals surface area contributed by atoms with Crippen LogP contribution in [-0.2, 0) is 19.1 Å². The normalized spacial score (nSPS) is 17.8. The Morgan fingerprint density at radius 2 is 1.89 bits per heavy atom. The fraction of sp³-hybridized carbons (Fsp3) is 0.615. The highest BCUT2D eigenvalue weighted by molar-refractivity contribution is 6.06. The Bertz CT molecular complexity index is 341. The Hall–Kier alpha value is -1.65. The minimum absolute atomic E-state index is 0.125. The van der Waals surface area contributed by atoms with Crippen molar-refractivity contribution in [3.05, 3.63) is 12.7 Å². The van der Waals surface area contributed by atoms with Crippen LogP contribution in [0.5, 0.6) is 0 Å². The van der Waals surface area contributed by atoms with Crippen molar-refractivity contribution in [2.24, 2.45) is 5.92 Å². The summed E-state index contributed by atoms with van der Waals surface area (Å²) in [4.78, 5) is 33.7. The first-order valence-corrected chi connectivity index (χ1v) is 6.13. The lowest BCUT2D eigenvalue weighted by atomic mass is 9.97. The maximum atomic E-state index is 11.6. The van der Waals surface area contributed by atoms with Gasteiger partial charge in [-0.2, -0.15) is 0 Å². The zero-order valence-corrected chi connectivity index (χ0v) is 10.3. The van der Waals surface area contributed by atoms with E-state index in [1.54, 1.807) is 0 Å². The predicted molar refractivity (Wildman–Crippen MR) is 63.9 cm³/mol. The van der Waals surface area contributed by atoms with Crippen molar-refractivity contribution in [3.8, 4) is 0 Å². The molecule has 1 saturated carbocycles. The van der Waals surface area contributed by atoms with Crippen LogP contribution in [0.3, 0.4) is 0 Å². The van der Waals surface area contributed by atoms with E-state index in [2.05, 4.69) is 6.58 Å². The number of ketones is 1. The van der Waals surface area contributed by atoms with Gasteiger partial charge in [0.05, 0.1) is 6.42 Å². The molecule has 1 aliphatic carbocycles. The Morgan fingerprint density at radius 3 is 2.39 bits per heavy atom. The van der Waals surface area contributed by atoms with E-state index in [4.69, 9.17) is 9.84 Å². The predicted octanol–water partition coefficient (Wildman–Crippen LogP) is 1.71. The Labute approximate surface area is 106 Å². The monoisotopic (exact) mass is 254 g/mol. The number of ether oxygens (including phenoxy) is 1. The highest BCUT2D eigenvalue weighted by Crippen LogP contribution is 2.21. The minimum Gasteiger partial charge on any atom is -0.481 e. The second-order valence-corrected chi connectivity index (χ2v) is 4.45. The SMILES string of the molecule is C=CC(=O)C(CC(=O)OC1CCCCC1)C(=O)O. The molecule has 0 bridgehead atoms. The van der Waals surface area contributed by atoms with Crippen LogP contribution >= 0.6 is 0 Å². The molecule has 1 fully saturated rings. The smallest absolute Gasteiger partial charge is 0.315 e. The summed E-state index contributed by atoms with van der Waals surface area (Å²) in [7, 11) is 0. The number of esters is 1. The molecule has 5 nitrogen and oxygen atoms in total. The van der Waals surface area contributed by atoms with E-state index in [9.17, 15) is 14.4 Å². The van der Waals surface area contributed by atoms with Crippen LogP contribution in [0.2, 0.25) is 0 Å². The zero-order chi connectivity index (χ0) is 13.5. The number of hydrogen-bond donors (Lipinski definition) is 1. The summed E-state index contributed by atoms with van der Waals surface area (Å²) in [6.07, 6.45) is 5.19. The molecule has 0 aromatic carbocycles. The van der Waals surface area contributed by atoms with Crippen LogP contribution in [0.15, 0.2) is 12.7 Å². The van der Waals surface area contributed by atoms with Crippen molar-refractivity contribution in [1.82, 2.24) is 0 Å². The summed E-state index contributed by atoms with van der Waals surface area (Å²) in [6.45, 7) is 3.22. The van der Waals surface area contributed by atoms with E-state index in [1.165, 1.54) is 0 Å². The summed E-state index contributed by atoms with van der Waals surface area (Å²) in [6, 6.07) is 0. The van der Waals surface area contributed by atoms with E-state index < -0.39 is 30.1 Å². The van der Waals surface area contributed by atoms with Gasteiger partial charge in [0.25, 0.3) is 0 Å². The van der Waals surface area contributed by atoms with Gasteiger partial charge in [-0.25, -0.2) is 0 Å². The maximum absolute atomic E-state index is 11.6. The Morgan fingerprint density at radius 1 is 1.28 bits per heavy atom. The molecule has 1 unspecified atom stereocenters. The van der Waals surface area contributed by atoms with E-state index in [0.29, 0.717) is 0 Å². The third kappa shape index (κ3) is 4.31. The topological polar surface area (TPSA) is 80.7 Å². The van der Waals surface area contributed by atoms with Crippen LogP contribution < -0.4 is 0 Å². The third-order valence-corrected chi connectivity index (χ3v) is 3.06. The fourth-order valence-electron chi connectivity index (χ4n) is 2.04. The van der Waals surface area contributed by atoms with Crippen molar-refractivity contribution in [2.75, 3.05) is 0 Å². The molecule has 5 heteroatoms. The second kappa shape index (κ2) is 6.93. The molecular formula is C13H18O5. The highest BCUT2D eigenvalue weighted by Gasteiger charge is 2.29. The molecule has 1 N–H and O–H groups in total. The maximum Gasteiger partial charge on any atom is 0.315 e. The lowest BCUT2D eigenvalue weighted by molar-refractivity contribution is -0.158. The molecule has 0 saturated heterocycles. The highest BCUT2D eigenvalue weighted by atomic mass is 16.5. The lowest BCUT2D eigenvalue weighted by Crippen LogP contribution is -2.28. The van der Waals surface area contributed by atoms with Crippen molar-refractivity contribution in [1.29, 1.82) is 0 Å². The molecule has 0 aromatic heterocycles. The van der Waals surface area contributed by atoms with Gasteiger partial charge in [-0.3, -0.25) is 14.4 Å². The fourth-order valence-corrected chi connectivity index (χ4v) is 2.04. The molecule has 0 aliphatic heterocycles. The van der Waals surface area contributed by atoms with Gasteiger partial charge in [0.15, 0.2) is 5.78 Å². The van der Waals surface area contributed by atoms with Gasteiger partial charge in [-0.05, 0) is 31.8 Å². The summed E-state index contributed by atoms with van der Waals surface area (Å²) in [5.41, 5.74) is 0. The summed E-state index contributed by atoms with van der Waals surface area (Å²) >= 11 is 0. The summed E-state index contributed by atoms with van der Waals surface area (Å²) in [5.74, 6) is -3.98. The van der Waals surface area contributed by atoms with Crippen LogP contribution in [-0.4, -0.2) is 28.9 Å². The van der Waals surface area contributed by atoms with E-state index >= 15 is 0 Å². The Kier molecular flexibility index (Phi) is 5.55. The zero-order valence-electron chi connectivity index (χ0n) is 10.3. The molecule has 0 spiro atoms. The van der Waals surface area contributed by atoms with Crippen LogP contribution in [0.25, 0.3) is 0 Å². The van der Waals surface area contributed by atoms with Crippen molar-refractivity contribution < 1.29 is 24.2 Å². The molecular weight excluding hydrogens is 236 g/mol. The number of carboxylic acid groups (broad SMARTS) is 1. The van der Waals surface area contributed by atoms with Gasteiger partial charge < -0.3 is 9.84 Å². The first-order chi connectivity index (χ1) is 8.54. The van der Waals surface area contributed by atoms with E-state index in [1.807, 2.05) is 0 Å². The van der Waals surface area contributed by atoms with Gasteiger partial charge >= 0.3 is 11.9 Å². The van der Waals surface area contributed by atoms with Gasteiger partial charge in [-0.1, -0.05) is 13.0 Å². The molecule has 1 rings (SSSR count). The third-order valence-electron chi connectivity index (χ3n) is 3.06. The average molecular weight is 254 g/mol. The van der Waals surface area contributed by atoms with Crippen LogP contribution in [0.4, 0.5) is 0 Å². The molecule has 0 amide bonds. The van der Waals surface area contributed by atoms with Gasteiger partial charge in [0.2, 0.25) is 0 Å². The van der Waals surface area contributed by atoms with Crippen LogP contribution in [0, 0.1) is 5.92 Å². The average Bonchev–Trinajstić information content (AvgIpc) is 2.36.